The van der Waals surface area contributed by atoms with E-state index in [1.165, 1.54) is 0 Å². The van der Waals surface area contributed by atoms with Crippen LogP contribution >= 0.6 is 0 Å². The normalized spacial score (nSPS) is 12.8. The molecule has 0 aliphatic heterocycles. The van der Waals surface area contributed by atoms with Crippen molar-refractivity contribution in [2.24, 2.45) is 4.99 Å². The molecule has 0 saturated heterocycles. The van der Waals surface area contributed by atoms with E-state index in [9.17, 15) is 4.39 Å². The lowest BCUT2D eigenvalue weighted by Gasteiger charge is -2.18. The van der Waals surface area contributed by atoms with Crippen LogP contribution in [0.25, 0.3) is 11.6 Å². The molecule has 2 heterocycles. The minimum atomic E-state index is -0.203. The van der Waals surface area contributed by atoms with Gasteiger partial charge in [0.05, 0.1) is 12.3 Å². The molecule has 7 nitrogen and oxygen atoms in total. The van der Waals surface area contributed by atoms with Crippen LogP contribution in [-0.4, -0.2) is 34.2 Å². The molecule has 0 saturated carbocycles. The number of halogens is 1. The Morgan fingerprint density at radius 2 is 2.21 bits per heavy atom. The van der Waals surface area contributed by atoms with Gasteiger partial charge < -0.3 is 15.1 Å². The Kier molecular flexibility index (Phi) is 6.41. The first kappa shape index (κ1) is 19.6. The predicted octanol–water partition coefficient (Wildman–Crippen LogP) is 3.37. The summed E-state index contributed by atoms with van der Waals surface area (Å²) in [7, 11) is 0. The first-order chi connectivity index (χ1) is 13.6. The minimum Gasteiger partial charge on any atom is -0.461 e. The van der Waals surface area contributed by atoms with Gasteiger partial charge in [-0.25, -0.2) is 9.37 Å². The van der Waals surface area contributed by atoms with Gasteiger partial charge in [0.2, 0.25) is 5.82 Å². The summed E-state index contributed by atoms with van der Waals surface area (Å²) in [6.07, 6.45) is 2.20. The number of guanidine groups is 1. The lowest BCUT2D eigenvalue weighted by Crippen LogP contribution is -2.39. The first-order valence-electron chi connectivity index (χ1n) is 9.33. The van der Waals surface area contributed by atoms with Gasteiger partial charge in [-0.1, -0.05) is 12.1 Å². The zero-order valence-electron chi connectivity index (χ0n) is 16.3. The van der Waals surface area contributed by atoms with Crippen molar-refractivity contribution in [1.29, 1.82) is 0 Å². The third-order valence-electron chi connectivity index (χ3n) is 4.29. The van der Waals surface area contributed by atoms with Crippen molar-refractivity contribution in [3.05, 3.63) is 59.4 Å². The predicted molar refractivity (Wildman–Crippen MR) is 106 cm³/mol. The number of aryl methyl sites for hydroxylation is 1. The van der Waals surface area contributed by atoms with Crippen molar-refractivity contribution in [1.82, 2.24) is 25.8 Å². The lowest BCUT2D eigenvalue weighted by atomic mass is 10.1. The van der Waals surface area contributed by atoms with Gasteiger partial charge >= 0.3 is 0 Å². The van der Waals surface area contributed by atoms with Crippen LogP contribution in [-0.2, 0) is 6.42 Å². The zero-order valence-corrected chi connectivity index (χ0v) is 16.3. The van der Waals surface area contributed by atoms with Crippen molar-refractivity contribution >= 4 is 5.96 Å². The summed E-state index contributed by atoms with van der Waals surface area (Å²) in [6, 6.07) is 8.79. The standard InChI is InChI=1S/C20H25FN6O/c1-4-22-20(24-14(3)15-8-7-13(2)16(21)12-15)23-10-9-18-25-19(27-26-18)17-6-5-11-28-17/h5-8,11-12,14H,4,9-10H2,1-3H3,(H2,22,23,24)(H,25,26,27). The van der Waals surface area contributed by atoms with Crippen molar-refractivity contribution < 1.29 is 8.81 Å². The van der Waals surface area contributed by atoms with Crippen LogP contribution in [0.3, 0.4) is 0 Å². The first-order valence-corrected chi connectivity index (χ1v) is 9.33. The molecule has 3 rings (SSSR count). The third-order valence-corrected chi connectivity index (χ3v) is 4.29. The van der Waals surface area contributed by atoms with Gasteiger partial charge in [0.25, 0.3) is 0 Å². The maximum atomic E-state index is 13.8. The Morgan fingerprint density at radius 3 is 2.93 bits per heavy atom. The van der Waals surface area contributed by atoms with E-state index < -0.39 is 0 Å². The summed E-state index contributed by atoms with van der Waals surface area (Å²) in [4.78, 5) is 8.99. The van der Waals surface area contributed by atoms with Gasteiger partial charge in [-0.15, -0.1) is 0 Å². The average Bonchev–Trinajstić information content (AvgIpc) is 3.35. The van der Waals surface area contributed by atoms with E-state index >= 15 is 0 Å². The average molecular weight is 384 g/mol. The molecule has 148 valence electrons. The Labute approximate surface area is 163 Å². The topological polar surface area (TPSA) is 91.1 Å². The van der Waals surface area contributed by atoms with Crippen molar-refractivity contribution in [3.63, 3.8) is 0 Å². The number of nitrogens with zero attached hydrogens (tertiary/aromatic N) is 3. The number of hydrogen-bond acceptors (Lipinski definition) is 4. The summed E-state index contributed by atoms with van der Waals surface area (Å²) in [5.41, 5.74) is 1.50. The van der Waals surface area contributed by atoms with Gasteiger partial charge in [-0.2, -0.15) is 5.10 Å². The molecule has 3 aromatic rings. The van der Waals surface area contributed by atoms with Crippen LogP contribution < -0.4 is 10.6 Å². The fourth-order valence-electron chi connectivity index (χ4n) is 2.68. The monoisotopic (exact) mass is 384 g/mol. The highest BCUT2D eigenvalue weighted by atomic mass is 19.1. The minimum absolute atomic E-state index is 0.0799. The fraction of sp³-hybridized carbons (Fsp3) is 0.350. The van der Waals surface area contributed by atoms with Crippen molar-refractivity contribution in [2.75, 3.05) is 13.1 Å². The van der Waals surface area contributed by atoms with E-state index in [1.807, 2.05) is 26.0 Å². The van der Waals surface area contributed by atoms with Gasteiger partial charge in [0.15, 0.2) is 11.7 Å². The third kappa shape index (κ3) is 4.97. The molecule has 8 heteroatoms. The number of nitrogens with one attached hydrogen (secondary N) is 3. The summed E-state index contributed by atoms with van der Waals surface area (Å²) in [5.74, 6) is 2.36. The summed E-state index contributed by atoms with van der Waals surface area (Å²) >= 11 is 0. The van der Waals surface area contributed by atoms with Crippen molar-refractivity contribution in [2.45, 2.75) is 33.2 Å². The summed E-state index contributed by atoms with van der Waals surface area (Å²) in [6.45, 7) is 6.98. The van der Waals surface area contributed by atoms with E-state index in [4.69, 9.17) is 4.42 Å². The Balaban J connectivity index is 1.60. The van der Waals surface area contributed by atoms with E-state index in [1.54, 1.807) is 31.4 Å². The molecular formula is C20H25FN6O. The molecule has 3 N–H and O–H groups in total. The Morgan fingerprint density at radius 1 is 1.36 bits per heavy atom. The lowest BCUT2D eigenvalue weighted by molar-refractivity contribution is 0.577. The van der Waals surface area contributed by atoms with Gasteiger partial charge in [-0.05, 0) is 50.1 Å². The van der Waals surface area contributed by atoms with Crippen LogP contribution in [0.1, 0.15) is 36.8 Å². The van der Waals surface area contributed by atoms with Crippen LogP contribution in [0.5, 0.6) is 0 Å². The van der Waals surface area contributed by atoms with E-state index in [0.717, 1.165) is 17.9 Å². The Hall–Kier alpha value is -3.16. The number of aromatic amines is 1. The molecule has 0 aliphatic carbocycles. The molecule has 0 aliphatic rings. The largest absolute Gasteiger partial charge is 0.461 e. The second kappa shape index (κ2) is 9.16. The number of aromatic nitrogens is 3. The fourth-order valence-corrected chi connectivity index (χ4v) is 2.68. The molecule has 1 aromatic carbocycles. The summed E-state index contributed by atoms with van der Waals surface area (Å²) in [5, 5.41) is 13.6. The second-order valence-electron chi connectivity index (χ2n) is 6.47. The van der Waals surface area contributed by atoms with Gasteiger partial charge in [0, 0.05) is 19.5 Å². The molecule has 2 aromatic heterocycles. The molecule has 0 bridgehead atoms. The SMILES string of the molecule is CCNC(=NCCc1nc(-c2ccco2)n[nH]1)NC(C)c1ccc(C)c(F)c1. The molecule has 1 unspecified atom stereocenters. The molecule has 1 atom stereocenters. The molecule has 0 radical (unpaired) electrons. The van der Waals surface area contributed by atoms with Crippen LogP contribution in [0.4, 0.5) is 4.39 Å². The number of aliphatic imine (C=N–C) groups is 1. The number of hydrogen-bond donors (Lipinski definition) is 3. The number of benzene rings is 1. The highest BCUT2D eigenvalue weighted by Gasteiger charge is 2.11. The van der Waals surface area contributed by atoms with Gasteiger partial charge in [0.1, 0.15) is 11.6 Å². The summed E-state index contributed by atoms with van der Waals surface area (Å²) < 4.78 is 19.1. The number of furan rings is 1. The zero-order chi connectivity index (χ0) is 19.9. The van der Waals surface area contributed by atoms with E-state index in [2.05, 4.69) is 30.8 Å². The molecular weight excluding hydrogens is 359 g/mol. The smallest absolute Gasteiger partial charge is 0.216 e. The maximum absolute atomic E-state index is 13.8. The second-order valence-corrected chi connectivity index (χ2v) is 6.47. The molecule has 0 fully saturated rings. The van der Waals surface area contributed by atoms with E-state index in [0.29, 0.717) is 36.1 Å². The highest BCUT2D eigenvalue weighted by molar-refractivity contribution is 5.80. The quantitative estimate of drug-likeness (QED) is 0.429. The van der Waals surface area contributed by atoms with E-state index in [-0.39, 0.29) is 11.9 Å². The van der Waals surface area contributed by atoms with Crippen LogP contribution in [0.2, 0.25) is 0 Å². The van der Waals surface area contributed by atoms with Crippen LogP contribution in [0.15, 0.2) is 46.0 Å². The maximum Gasteiger partial charge on any atom is 0.216 e. The number of H-pyrrole nitrogens is 1. The number of rotatable bonds is 7. The van der Waals surface area contributed by atoms with Crippen molar-refractivity contribution in [3.8, 4) is 11.6 Å². The Bertz CT molecular complexity index is 919. The molecule has 0 spiro atoms. The van der Waals surface area contributed by atoms with Gasteiger partial charge in [-0.3, -0.25) is 10.1 Å². The highest BCUT2D eigenvalue weighted by Crippen LogP contribution is 2.16. The molecule has 28 heavy (non-hydrogen) atoms. The molecule has 0 amide bonds. The van der Waals surface area contributed by atoms with Crippen LogP contribution in [0, 0.1) is 12.7 Å².